The summed E-state index contributed by atoms with van der Waals surface area (Å²) in [4.78, 5) is 24.8. The third-order valence-corrected chi connectivity index (χ3v) is 4.34. The molecule has 2 amide bonds. The van der Waals surface area contributed by atoms with E-state index in [1.807, 2.05) is 18.2 Å². The summed E-state index contributed by atoms with van der Waals surface area (Å²) < 4.78 is 11.0. The molecule has 130 valence electrons. The van der Waals surface area contributed by atoms with Gasteiger partial charge in [-0.05, 0) is 17.7 Å². The number of nitrogens with one attached hydrogen (secondary N) is 2. The largest absolute Gasteiger partial charge is 0.489 e. The van der Waals surface area contributed by atoms with Crippen molar-refractivity contribution in [3.05, 3.63) is 30.0 Å². The highest BCUT2D eigenvalue weighted by Gasteiger charge is 2.33. The molecule has 0 aliphatic carbocycles. The highest BCUT2D eigenvalue weighted by atomic mass is 16.6. The first-order valence-corrected chi connectivity index (χ1v) is 8.14. The number of rotatable bonds is 3. The lowest BCUT2D eigenvalue weighted by Crippen LogP contribution is -2.33. The van der Waals surface area contributed by atoms with Crippen LogP contribution in [0.1, 0.15) is 12.5 Å². The number of aromatic nitrogens is 2. The maximum Gasteiger partial charge on any atom is 0.414 e. The molecule has 1 aromatic heterocycles. The first-order valence-electron chi connectivity index (χ1n) is 8.14. The highest BCUT2D eigenvalue weighted by molar-refractivity contribution is 5.90. The van der Waals surface area contributed by atoms with E-state index in [1.54, 1.807) is 11.1 Å². The molecule has 1 fully saturated rings. The fraction of sp³-hybridized carbons (Fsp3) is 0.353. The standard InChI is InChI=1S/C17H18N4O4/c1-10(22)18-7-13-9-21(17(23)25-13)12-2-3-14-11(6-12)4-5-24-15-8-19-20-16(14)15/h2-3,6,8,13H,4-5,7,9H2,1H3,(H,18,22)(H,19,20). The summed E-state index contributed by atoms with van der Waals surface area (Å²) in [5.74, 6) is 0.594. The van der Waals surface area contributed by atoms with Gasteiger partial charge in [0.1, 0.15) is 11.8 Å². The van der Waals surface area contributed by atoms with Gasteiger partial charge < -0.3 is 14.8 Å². The molecule has 2 N–H and O–H groups in total. The van der Waals surface area contributed by atoms with Crippen LogP contribution < -0.4 is 15.0 Å². The second kappa shape index (κ2) is 6.12. The predicted octanol–water partition coefficient (Wildman–Crippen LogP) is 1.47. The van der Waals surface area contributed by atoms with Crippen molar-refractivity contribution in [3.63, 3.8) is 0 Å². The molecule has 2 aliphatic rings. The molecule has 1 saturated heterocycles. The Kier molecular flexibility index (Phi) is 3.79. The number of aromatic amines is 1. The van der Waals surface area contributed by atoms with Crippen molar-refractivity contribution in [1.29, 1.82) is 0 Å². The summed E-state index contributed by atoms with van der Waals surface area (Å²) in [5.41, 5.74) is 3.63. The van der Waals surface area contributed by atoms with E-state index in [0.717, 1.165) is 34.7 Å². The van der Waals surface area contributed by atoms with Gasteiger partial charge in [0.15, 0.2) is 5.75 Å². The molecule has 8 nitrogen and oxygen atoms in total. The summed E-state index contributed by atoms with van der Waals surface area (Å²) in [6, 6.07) is 5.81. The molecule has 4 rings (SSSR count). The summed E-state index contributed by atoms with van der Waals surface area (Å²) in [5, 5.41) is 9.75. The number of nitrogens with zero attached hydrogens (tertiary/aromatic N) is 2. The van der Waals surface area contributed by atoms with Crippen molar-refractivity contribution in [2.75, 3.05) is 24.6 Å². The Labute approximate surface area is 144 Å². The van der Waals surface area contributed by atoms with Crippen molar-refractivity contribution in [3.8, 4) is 17.0 Å². The number of hydrogen-bond donors (Lipinski definition) is 2. The van der Waals surface area contributed by atoms with E-state index >= 15 is 0 Å². The second-order valence-electron chi connectivity index (χ2n) is 6.09. The molecule has 25 heavy (non-hydrogen) atoms. The van der Waals surface area contributed by atoms with Gasteiger partial charge in [-0.15, -0.1) is 0 Å². The van der Waals surface area contributed by atoms with E-state index in [2.05, 4.69) is 15.5 Å². The van der Waals surface area contributed by atoms with Crippen LogP contribution in [0.5, 0.6) is 5.75 Å². The van der Waals surface area contributed by atoms with Crippen LogP contribution in [0.15, 0.2) is 24.4 Å². The molecule has 3 heterocycles. The molecular weight excluding hydrogens is 324 g/mol. The topological polar surface area (TPSA) is 96.5 Å². The van der Waals surface area contributed by atoms with Gasteiger partial charge in [0, 0.05) is 24.6 Å². The lowest BCUT2D eigenvalue weighted by molar-refractivity contribution is -0.119. The Hall–Kier alpha value is -3.03. The summed E-state index contributed by atoms with van der Waals surface area (Å²) in [7, 11) is 0. The summed E-state index contributed by atoms with van der Waals surface area (Å²) >= 11 is 0. The van der Waals surface area contributed by atoms with Crippen molar-refractivity contribution in [2.24, 2.45) is 0 Å². The number of carbonyl (C=O) groups excluding carboxylic acids is 2. The minimum Gasteiger partial charge on any atom is -0.489 e. The number of H-pyrrole nitrogens is 1. The minimum atomic E-state index is -0.402. The number of carbonyl (C=O) groups is 2. The third kappa shape index (κ3) is 2.90. The zero-order valence-corrected chi connectivity index (χ0v) is 13.7. The Morgan fingerprint density at radius 3 is 3.20 bits per heavy atom. The number of fused-ring (bicyclic) bond motifs is 3. The molecule has 2 aromatic rings. The second-order valence-corrected chi connectivity index (χ2v) is 6.09. The molecule has 1 aromatic carbocycles. The van der Waals surface area contributed by atoms with Crippen LogP contribution >= 0.6 is 0 Å². The van der Waals surface area contributed by atoms with Crippen LogP contribution in [0.25, 0.3) is 11.3 Å². The maximum absolute atomic E-state index is 12.2. The Morgan fingerprint density at radius 2 is 2.36 bits per heavy atom. The van der Waals surface area contributed by atoms with Gasteiger partial charge >= 0.3 is 6.09 Å². The van der Waals surface area contributed by atoms with Crippen molar-refractivity contribution in [2.45, 2.75) is 19.4 Å². The quantitative estimate of drug-likeness (QED) is 0.880. The average molecular weight is 342 g/mol. The average Bonchev–Trinajstić information content (AvgIpc) is 3.15. The zero-order chi connectivity index (χ0) is 17.4. The molecular formula is C17H18N4O4. The Morgan fingerprint density at radius 1 is 1.48 bits per heavy atom. The summed E-state index contributed by atoms with van der Waals surface area (Å²) in [6.45, 7) is 2.71. The number of amides is 2. The Bertz CT molecular complexity index is 832. The zero-order valence-electron chi connectivity index (χ0n) is 13.7. The number of cyclic esters (lactones) is 1. The molecule has 1 unspecified atom stereocenters. The number of anilines is 1. The lowest BCUT2D eigenvalue weighted by atomic mass is 10.0. The van der Waals surface area contributed by atoms with Gasteiger partial charge in [-0.2, -0.15) is 5.10 Å². The van der Waals surface area contributed by atoms with Crippen LogP contribution in [0.2, 0.25) is 0 Å². The van der Waals surface area contributed by atoms with E-state index in [0.29, 0.717) is 19.7 Å². The third-order valence-electron chi connectivity index (χ3n) is 4.34. The van der Waals surface area contributed by atoms with Gasteiger partial charge in [-0.1, -0.05) is 6.07 Å². The maximum atomic E-state index is 12.2. The smallest absolute Gasteiger partial charge is 0.414 e. The first-order chi connectivity index (χ1) is 12.1. The van der Waals surface area contributed by atoms with E-state index in [-0.39, 0.29) is 12.0 Å². The van der Waals surface area contributed by atoms with Gasteiger partial charge in [-0.25, -0.2) is 4.79 Å². The fourth-order valence-electron chi connectivity index (χ4n) is 3.13. The van der Waals surface area contributed by atoms with Crippen LogP contribution in [-0.2, 0) is 16.0 Å². The highest BCUT2D eigenvalue weighted by Crippen LogP contribution is 2.35. The molecule has 0 saturated carbocycles. The Balaban J connectivity index is 1.58. The van der Waals surface area contributed by atoms with Gasteiger partial charge in [0.2, 0.25) is 5.91 Å². The van der Waals surface area contributed by atoms with Crippen LogP contribution in [-0.4, -0.2) is 48.0 Å². The van der Waals surface area contributed by atoms with Gasteiger partial charge in [-0.3, -0.25) is 14.8 Å². The molecule has 0 radical (unpaired) electrons. The number of benzene rings is 1. The van der Waals surface area contributed by atoms with Crippen molar-refractivity contribution < 1.29 is 19.1 Å². The molecule has 0 spiro atoms. The van der Waals surface area contributed by atoms with Gasteiger partial charge in [0.05, 0.1) is 25.9 Å². The van der Waals surface area contributed by atoms with Crippen molar-refractivity contribution in [1.82, 2.24) is 15.5 Å². The van der Waals surface area contributed by atoms with E-state index in [4.69, 9.17) is 9.47 Å². The molecule has 1 atom stereocenters. The van der Waals surface area contributed by atoms with E-state index in [1.165, 1.54) is 6.92 Å². The predicted molar refractivity (Wildman–Crippen MR) is 89.5 cm³/mol. The van der Waals surface area contributed by atoms with E-state index in [9.17, 15) is 9.59 Å². The van der Waals surface area contributed by atoms with E-state index < -0.39 is 6.09 Å². The molecule has 2 aliphatic heterocycles. The normalized spacial score (nSPS) is 18.7. The van der Waals surface area contributed by atoms with Crippen LogP contribution in [0.4, 0.5) is 10.5 Å². The fourth-order valence-corrected chi connectivity index (χ4v) is 3.13. The van der Waals surface area contributed by atoms with Crippen LogP contribution in [0.3, 0.4) is 0 Å². The van der Waals surface area contributed by atoms with Crippen LogP contribution in [0, 0.1) is 0 Å². The number of ether oxygens (including phenoxy) is 2. The summed E-state index contributed by atoms with van der Waals surface area (Å²) in [6.07, 6.45) is 1.72. The monoisotopic (exact) mass is 342 g/mol. The molecule has 8 heteroatoms. The minimum absolute atomic E-state index is 0.144. The van der Waals surface area contributed by atoms with Gasteiger partial charge in [0.25, 0.3) is 0 Å². The first kappa shape index (κ1) is 15.5. The number of hydrogen-bond acceptors (Lipinski definition) is 5. The SMILES string of the molecule is CC(=O)NCC1CN(c2ccc3c(c2)CCOc2c[nH]nc2-3)C(=O)O1. The lowest BCUT2D eigenvalue weighted by Gasteiger charge is -2.15. The molecule has 0 bridgehead atoms. The van der Waals surface area contributed by atoms with Crippen molar-refractivity contribution >= 4 is 17.7 Å².